The Morgan fingerprint density at radius 3 is 2.37 bits per heavy atom. The molecule has 2 fully saturated rings. The van der Waals surface area contributed by atoms with Crippen molar-refractivity contribution in [1.29, 1.82) is 0 Å². The van der Waals surface area contributed by atoms with E-state index in [9.17, 15) is 8.78 Å². The number of aromatic nitrogens is 3. The largest absolute Gasteiger partial charge is 0.357 e. The van der Waals surface area contributed by atoms with Crippen molar-refractivity contribution in [3.05, 3.63) is 72.1 Å². The predicted molar refractivity (Wildman–Crippen MR) is 135 cm³/mol. The van der Waals surface area contributed by atoms with Gasteiger partial charge in [-0.1, -0.05) is 12.5 Å². The molecule has 6 rings (SSSR count). The van der Waals surface area contributed by atoms with Crippen LogP contribution < -0.4 is 4.90 Å². The third-order valence-electron chi connectivity index (χ3n) is 7.23. The van der Waals surface area contributed by atoms with Gasteiger partial charge in [0.1, 0.15) is 5.82 Å². The van der Waals surface area contributed by atoms with E-state index in [1.807, 2.05) is 41.2 Å². The van der Waals surface area contributed by atoms with Gasteiger partial charge in [-0.05, 0) is 86.3 Å². The molecule has 0 bridgehead atoms. The van der Waals surface area contributed by atoms with Crippen LogP contribution in [0.5, 0.6) is 0 Å². The Hall–Kier alpha value is -3.32. The van der Waals surface area contributed by atoms with Crippen LogP contribution in [0.15, 0.2) is 54.9 Å². The molecule has 0 atom stereocenters. The topological polar surface area (TPSA) is 37.2 Å². The molecule has 180 valence electrons. The summed E-state index contributed by atoms with van der Waals surface area (Å²) in [6.07, 6.45) is 9.59. The second-order valence-corrected chi connectivity index (χ2v) is 9.67. The van der Waals surface area contributed by atoms with E-state index in [4.69, 9.17) is 0 Å². The second-order valence-electron chi connectivity index (χ2n) is 9.67. The fourth-order valence-electron chi connectivity index (χ4n) is 5.37. The second kappa shape index (κ2) is 9.38. The number of hydrogen-bond acceptors (Lipinski definition) is 4. The van der Waals surface area contributed by atoms with E-state index in [1.54, 1.807) is 12.3 Å². The Bertz CT molecular complexity index is 1340. The van der Waals surface area contributed by atoms with Gasteiger partial charge in [0.2, 0.25) is 0 Å². The lowest BCUT2D eigenvalue weighted by Gasteiger charge is -2.26. The lowest BCUT2D eigenvalue weighted by molar-refractivity contribution is 0.220. The molecule has 2 aromatic carbocycles. The van der Waals surface area contributed by atoms with Gasteiger partial charge in [-0.2, -0.15) is 5.10 Å². The number of hydrogen-bond donors (Lipinski definition) is 0. The first-order valence-electron chi connectivity index (χ1n) is 12.6. The smallest absolute Gasteiger partial charge is 0.166 e. The predicted octanol–water partition coefficient (Wildman–Crippen LogP) is 5.95. The van der Waals surface area contributed by atoms with Crippen molar-refractivity contribution in [1.82, 2.24) is 19.7 Å². The Morgan fingerprint density at radius 2 is 1.60 bits per heavy atom. The molecular weight excluding hydrogens is 444 g/mol. The number of nitrogens with zero attached hydrogens (tertiary/aromatic N) is 5. The van der Waals surface area contributed by atoms with Crippen LogP contribution >= 0.6 is 0 Å². The summed E-state index contributed by atoms with van der Waals surface area (Å²) >= 11 is 0. The molecule has 4 aromatic rings. The number of pyridine rings is 1. The van der Waals surface area contributed by atoms with E-state index in [0.717, 1.165) is 67.0 Å². The molecule has 0 unspecified atom stereocenters. The molecule has 0 aliphatic carbocycles. The number of fused-ring (bicyclic) bond motifs is 1. The Labute approximate surface area is 204 Å². The minimum Gasteiger partial charge on any atom is -0.357 e. The zero-order valence-corrected chi connectivity index (χ0v) is 19.8. The molecule has 0 spiro atoms. The summed E-state index contributed by atoms with van der Waals surface area (Å²) in [6.45, 7) is 4.76. The third kappa shape index (κ3) is 4.41. The van der Waals surface area contributed by atoms with Gasteiger partial charge in [-0.25, -0.2) is 18.4 Å². The lowest BCUT2D eigenvalue weighted by Crippen LogP contribution is -2.29. The Morgan fingerprint density at radius 1 is 0.800 bits per heavy atom. The molecule has 35 heavy (non-hydrogen) atoms. The monoisotopic (exact) mass is 473 g/mol. The summed E-state index contributed by atoms with van der Waals surface area (Å²) < 4.78 is 31.2. The van der Waals surface area contributed by atoms with Crippen molar-refractivity contribution in [2.24, 2.45) is 0 Å². The highest BCUT2D eigenvalue weighted by atomic mass is 19.2. The maximum atomic E-state index is 14.9. The van der Waals surface area contributed by atoms with Crippen LogP contribution in [0, 0.1) is 11.6 Å². The Balaban J connectivity index is 1.29. The van der Waals surface area contributed by atoms with E-state index < -0.39 is 11.6 Å². The summed E-state index contributed by atoms with van der Waals surface area (Å²) in [7, 11) is 0. The van der Waals surface area contributed by atoms with Gasteiger partial charge in [-0.15, -0.1) is 0 Å². The molecule has 2 aromatic heterocycles. The third-order valence-corrected chi connectivity index (χ3v) is 7.23. The van der Waals surface area contributed by atoms with E-state index >= 15 is 0 Å². The normalized spacial score (nSPS) is 16.9. The standard InChI is InChI=1S/C28H29F2N5/c29-25-15-20(19-33-10-2-1-3-11-33)14-24(28(25)30)21-6-8-26-22(16-21)17-32-35(26)23-7-9-27(31-18-23)34-12-4-5-13-34/h6-9,14-18H,1-5,10-13,19H2. The lowest BCUT2D eigenvalue weighted by atomic mass is 10.00. The fourth-order valence-corrected chi connectivity index (χ4v) is 5.37. The average Bonchev–Trinajstić information content (AvgIpc) is 3.57. The highest BCUT2D eigenvalue weighted by Crippen LogP contribution is 2.31. The zero-order valence-electron chi connectivity index (χ0n) is 19.8. The fraction of sp³-hybridized carbons (Fsp3) is 0.357. The van der Waals surface area contributed by atoms with Crippen molar-refractivity contribution in [2.45, 2.75) is 38.6 Å². The first kappa shape index (κ1) is 22.2. The summed E-state index contributed by atoms with van der Waals surface area (Å²) in [5.41, 5.74) is 3.52. The number of rotatable bonds is 5. The average molecular weight is 474 g/mol. The maximum Gasteiger partial charge on any atom is 0.166 e. The highest BCUT2D eigenvalue weighted by Gasteiger charge is 2.18. The molecule has 5 nitrogen and oxygen atoms in total. The Kier molecular flexibility index (Phi) is 5.94. The van der Waals surface area contributed by atoms with Crippen molar-refractivity contribution >= 4 is 16.7 Å². The van der Waals surface area contributed by atoms with Gasteiger partial charge in [-0.3, -0.25) is 4.90 Å². The SMILES string of the molecule is Fc1cc(CN2CCCCC2)cc(-c2ccc3c(cnn3-c3ccc(N4CCCC4)nc3)c2)c1F. The summed E-state index contributed by atoms with van der Waals surface area (Å²) in [5, 5.41) is 5.42. The van der Waals surface area contributed by atoms with Gasteiger partial charge >= 0.3 is 0 Å². The van der Waals surface area contributed by atoms with Crippen molar-refractivity contribution < 1.29 is 8.78 Å². The van der Waals surface area contributed by atoms with Crippen LogP contribution in [0.2, 0.25) is 0 Å². The summed E-state index contributed by atoms with van der Waals surface area (Å²) in [6, 6.07) is 12.8. The number of likely N-dealkylation sites (tertiary alicyclic amines) is 1. The number of halogens is 2. The van der Waals surface area contributed by atoms with Gasteiger partial charge < -0.3 is 4.90 Å². The van der Waals surface area contributed by atoms with Crippen LogP contribution in [0.1, 0.15) is 37.7 Å². The van der Waals surface area contributed by atoms with Crippen LogP contribution in [0.25, 0.3) is 27.7 Å². The van der Waals surface area contributed by atoms with Gasteiger partial charge in [0.15, 0.2) is 11.6 Å². The van der Waals surface area contributed by atoms with E-state index in [1.165, 1.54) is 25.3 Å². The summed E-state index contributed by atoms with van der Waals surface area (Å²) in [4.78, 5) is 9.25. The van der Waals surface area contributed by atoms with Crippen molar-refractivity contribution in [3.8, 4) is 16.8 Å². The number of anilines is 1. The molecule has 0 saturated carbocycles. The minimum atomic E-state index is -0.805. The number of benzene rings is 2. The van der Waals surface area contributed by atoms with E-state index in [-0.39, 0.29) is 0 Å². The van der Waals surface area contributed by atoms with Gasteiger partial charge in [0.25, 0.3) is 0 Å². The molecule has 0 amide bonds. The summed E-state index contributed by atoms with van der Waals surface area (Å²) in [5.74, 6) is -0.609. The van der Waals surface area contributed by atoms with Crippen LogP contribution in [0.3, 0.4) is 0 Å². The van der Waals surface area contributed by atoms with Gasteiger partial charge in [0.05, 0.1) is 23.6 Å². The molecular formula is C28H29F2N5. The molecule has 4 heterocycles. The van der Waals surface area contributed by atoms with E-state index in [2.05, 4.69) is 19.9 Å². The van der Waals surface area contributed by atoms with Crippen LogP contribution in [0.4, 0.5) is 14.6 Å². The minimum absolute atomic E-state index is 0.295. The molecule has 2 aliphatic heterocycles. The first-order chi connectivity index (χ1) is 17.2. The van der Waals surface area contributed by atoms with Gasteiger partial charge in [0, 0.05) is 30.6 Å². The van der Waals surface area contributed by atoms with E-state index in [0.29, 0.717) is 17.7 Å². The molecule has 2 saturated heterocycles. The first-order valence-corrected chi connectivity index (χ1v) is 12.6. The molecule has 7 heteroatoms. The number of piperidine rings is 1. The zero-order chi connectivity index (χ0) is 23.8. The van der Waals surface area contributed by atoms with Crippen molar-refractivity contribution in [2.75, 3.05) is 31.1 Å². The van der Waals surface area contributed by atoms with Crippen LogP contribution in [-0.2, 0) is 6.54 Å². The molecule has 0 N–H and O–H groups in total. The van der Waals surface area contributed by atoms with Crippen LogP contribution in [-0.4, -0.2) is 45.8 Å². The highest BCUT2D eigenvalue weighted by molar-refractivity contribution is 5.86. The quantitative estimate of drug-likeness (QED) is 0.359. The molecule has 0 radical (unpaired) electrons. The van der Waals surface area contributed by atoms with Crippen molar-refractivity contribution in [3.63, 3.8) is 0 Å². The maximum absolute atomic E-state index is 14.9. The molecule has 2 aliphatic rings.